The molecular formula is C20H23NO5S2. The Kier molecular flexibility index (Phi) is 8.41. The fraction of sp³-hybridized carbons (Fsp3) is 0.300. The van der Waals surface area contributed by atoms with Gasteiger partial charge in [-0.05, 0) is 24.6 Å². The van der Waals surface area contributed by atoms with Gasteiger partial charge < -0.3 is 19.5 Å². The van der Waals surface area contributed by atoms with Crippen molar-refractivity contribution >= 4 is 40.0 Å². The fourth-order valence-electron chi connectivity index (χ4n) is 2.47. The first kappa shape index (κ1) is 21.8. The van der Waals surface area contributed by atoms with Crippen molar-refractivity contribution in [2.45, 2.75) is 6.92 Å². The molecule has 0 saturated heterocycles. The van der Waals surface area contributed by atoms with Gasteiger partial charge in [-0.1, -0.05) is 12.1 Å². The number of methoxy groups -OCH3 is 2. The molecule has 8 heteroatoms. The van der Waals surface area contributed by atoms with Crippen molar-refractivity contribution in [3.63, 3.8) is 0 Å². The predicted molar refractivity (Wildman–Crippen MR) is 115 cm³/mol. The number of thioether (sulfide) groups is 1. The molecule has 0 atom stereocenters. The van der Waals surface area contributed by atoms with E-state index in [1.165, 1.54) is 23.1 Å². The van der Waals surface area contributed by atoms with Crippen molar-refractivity contribution in [2.24, 2.45) is 0 Å². The quantitative estimate of drug-likeness (QED) is 0.347. The fourth-order valence-corrected chi connectivity index (χ4v) is 3.99. The summed E-state index contributed by atoms with van der Waals surface area (Å²) in [7, 11) is 3.11. The molecule has 28 heavy (non-hydrogen) atoms. The normalized spacial score (nSPS) is 10.2. The zero-order chi connectivity index (χ0) is 20.5. The Morgan fingerprint density at radius 3 is 2.64 bits per heavy atom. The highest BCUT2D eigenvalue weighted by Crippen LogP contribution is 2.39. The minimum atomic E-state index is -0.484. The van der Waals surface area contributed by atoms with E-state index in [-0.39, 0.29) is 18.3 Å². The van der Waals surface area contributed by atoms with E-state index >= 15 is 0 Å². The molecule has 0 radical (unpaired) electrons. The molecule has 1 amide bonds. The average Bonchev–Trinajstić information content (AvgIpc) is 3.11. The van der Waals surface area contributed by atoms with Crippen LogP contribution in [0.4, 0.5) is 5.00 Å². The molecule has 2 rings (SSSR count). The first-order valence-electron chi connectivity index (χ1n) is 8.55. The van der Waals surface area contributed by atoms with Crippen LogP contribution in [0.5, 0.6) is 11.5 Å². The Hall–Kier alpha value is -2.45. The maximum absolute atomic E-state index is 12.6. The Morgan fingerprint density at radius 1 is 1.25 bits per heavy atom. The number of carbonyl (C=O) groups is 2. The molecule has 0 aliphatic carbocycles. The van der Waals surface area contributed by atoms with Crippen LogP contribution in [-0.4, -0.2) is 44.2 Å². The Bertz CT molecular complexity index is 847. The van der Waals surface area contributed by atoms with Gasteiger partial charge in [-0.25, -0.2) is 4.79 Å². The summed E-state index contributed by atoms with van der Waals surface area (Å²) in [5.41, 5.74) is 1.76. The zero-order valence-electron chi connectivity index (χ0n) is 16.1. The molecular weight excluding hydrogens is 398 g/mol. The molecule has 1 heterocycles. The van der Waals surface area contributed by atoms with Crippen LogP contribution in [-0.2, 0) is 9.53 Å². The second-order valence-corrected chi connectivity index (χ2v) is 7.41. The predicted octanol–water partition coefficient (Wildman–Crippen LogP) is 4.47. The number of nitrogens with one attached hydrogen (secondary N) is 1. The minimum Gasteiger partial charge on any atom is -0.493 e. The van der Waals surface area contributed by atoms with Crippen LogP contribution >= 0.6 is 23.1 Å². The van der Waals surface area contributed by atoms with Crippen molar-refractivity contribution in [1.29, 1.82) is 0 Å². The molecule has 0 saturated carbocycles. The van der Waals surface area contributed by atoms with Crippen molar-refractivity contribution in [3.05, 3.63) is 41.8 Å². The van der Waals surface area contributed by atoms with E-state index < -0.39 is 5.97 Å². The number of ether oxygens (including phenoxy) is 3. The molecule has 1 N–H and O–H groups in total. The third-order valence-electron chi connectivity index (χ3n) is 3.69. The van der Waals surface area contributed by atoms with E-state index in [2.05, 4.69) is 11.9 Å². The standard InChI is InChI=1S/C20H23NO5S2/c1-5-9-27-12-17(22)21-19-18(20(23)26-6-2)14(11-28-19)13-7-8-15(24-3)16(10-13)25-4/h5,7-8,10-11H,1,6,9,12H2,2-4H3,(H,21,22). The van der Waals surface area contributed by atoms with Gasteiger partial charge in [0.1, 0.15) is 10.6 Å². The lowest BCUT2D eigenvalue weighted by molar-refractivity contribution is -0.113. The summed E-state index contributed by atoms with van der Waals surface area (Å²) in [4.78, 5) is 24.8. The average molecular weight is 422 g/mol. The first-order valence-corrected chi connectivity index (χ1v) is 10.6. The first-order chi connectivity index (χ1) is 13.5. The Labute approximate surface area is 172 Å². The smallest absolute Gasteiger partial charge is 0.341 e. The lowest BCUT2D eigenvalue weighted by atomic mass is 10.0. The van der Waals surface area contributed by atoms with Gasteiger partial charge in [0.05, 0.1) is 26.6 Å². The lowest BCUT2D eigenvalue weighted by Crippen LogP contribution is -2.16. The number of carbonyl (C=O) groups excluding carboxylic acids is 2. The Morgan fingerprint density at radius 2 is 2.00 bits per heavy atom. The summed E-state index contributed by atoms with van der Waals surface area (Å²) >= 11 is 2.73. The molecule has 1 aromatic carbocycles. The van der Waals surface area contributed by atoms with Gasteiger partial charge in [0, 0.05) is 16.7 Å². The van der Waals surface area contributed by atoms with Crippen LogP contribution in [0.2, 0.25) is 0 Å². The van der Waals surface area contributed by atoms with Crippen LogP contribution in [0.25, 0.3) is 11.1 Å². The number of benzene rings is 1. The number of esters is 1. The van der Waals surface area contributed by atoms with Crippen LogP contribution in [0.1, 0.15) is 17.3 Å². The summed E-state index contributed by atoms with van der Waals surface area (Å²) in [6.45, 7) is 5.61. The summed E-state index contributed by atoms with van der Waals surface area (Å²) < 4.78 is 15.8. The molecule has 0 unspecified atom stereocenters. The zero-order valence-corrected chi connectivity index (χ0v) is 17.7. The summed E-state index contributed by atoms with van der Waals surface area (Å²) in [5, 5.41) is 5.10. The highest BCUT2D eigenvalue weighted by atomic mass is 32.2. The number of anilines is 1. The lowest BCUT2D eigenvalue weighted by Gasteiger charge is -2.11. The van der Waals surface area contributed by atoms with Gasteiger partial charge in [0.2, 0.25) is 5.91 Å². The summed E-state index contributed by atoms with van der Waals surface area (Å²) in [6, 6.07) is 5.39. The molecule has 0 fully saturated rings. The van der Waals surface area contributed by atoms with Crippen LogP contribution < -0.4 is 14.8 Å². The Balaban J connectivity index is 2.39. The van der Waals surface area contributed by atoms with Gasteiger partial charge in [-0.15, -0.1) is 29.7 Å². The SMILES string of the molecule is C=CCSCC(=O)Nc1scc(-c2ccc(OC)c(OC)c2)c1C(=O)OCC. The molecule has 0 aliphatic rings. The van der Waals surface area contributed by atoms with Crippen molar-refractivity contribution in [1.82, 2.24) is 0 Å². The van der Waals surface area contributed by atoms with Crippen molar-refractivity contribution in [2.75, 3.05) is 37.6 Å². The van der Waals surface area contributed by atoms with Crippen molar-refractivity contribution < 1.29 is 23.8 Å². The maximum atomic E-state index is 12.6. The van der Waals surface area contributed by atoms with Gasteiger partial charge in [0.15, 0.2) is 11.5 Å². The molecule has 2 aromatic rings. The third kappa shape index (κ3) is 5.30. The number of hydrogen-bond acceptors (Lipinski definition) is 7. The topological polar surface area (TPSA) is 73.9 Å². The molecule has 0 aliphatic heterocycles. The summed E-state index contributed by atoms with van der Waals surface area (Å²) in [5.74, 6) is 1.43. The van der Waals surface area contributed by atoms with E-state index in [9.17, 15) is 9.59 Å². The number of amides is 1. The van der Waals surface area contributed by atoms with Crippen LogP contribution in [0.3, 0.4) is 0 Å². The minimum absolute atomic E-state index is 0.182. The highest BCUT2D eigenvalue weighted by Gasteiger charge is 2.23. The molecule has 1 aromatic heterocycles. The largest absolute Gasteiger partial charge is 0.493 e. The van der Waals surface area contributed by atoms with Gasteiger partial charge in [-0.3, -0.25) is 4.79 Å². The van der Waals surface area contributed by atoms with E-state index in [1.807, 2.05) is 11.4 Å². The molecule has 6 nitrogen and oxygen atoms in total. The van der Waals surface area contributed by atoms with E-state index in [0.29, 0.717) is 33.4 Å². The van der Waals surface area contributed by atoms with Gasteiger partial charge in [-0.2, -0.15) is 0 Å². The van der Waals surface area contributed by atoms with Crippen LogP contribution in [0.15, 0.2) is 36.2 Å². The van der Waals surface area contributed by atoms with Gasteiger partial charge in [0.25, 0.3) is 0 Å². The third-order valence-corrected chi connectivity index (χ3v) is 5.52. The van der Waals surface area contributed by atoms with E-state index in [1.54, 1.807) is 39.4 Å². The highest BCUT2D eigenvalue weighted by molar-refractivity contribution is 8.00. The van der Waals surface area contributed by atoms with Crippen molar-refractivity contribution in [3.8, 4) is 22.6 Å². The second-order valence-electron chi connectivity index (χ2n) is 5.50. The maximum Gasteiger partial charge on any atom is 0.341 e. The molecule has 0 bridgehead atoms. The van der Waals surface area contributed by atoms with Crippen LogP contribution in [0, 0.1) is 0 Å². The van der Waals surface area contributed by atoms with E-state index in [0.717, 1.165) is 5.56 Å². The molecule has 0 spiro atoms. The number of thiophene rings is 1. The number of hydrogen-bond donors (Lipinski definition) is 1. The number of rotatable bonds is 10. The monoisotopic (exact) mass is 421 g/mol. The van der Waals surface area contributed by atoms with E-state index in [4.69, 9.17) is 14.2 Å². The summed E-state index contributed by atoms with van der Waals surface area (Å²) in [6.07, 6.45) is 1.74. The molecule has 150 valence electrons. The second kappa shape index (κ2) is 10.8. The van der Waals surface area contributed by atoms with Gasteiger partial charge >= 0.3 is 5.97 Å².